The van der Waals surface area contributed by atoms with Gasteiger partial charge in [-0.15, -0.1) is 0 Å². The highest BCUT2D eigenvalue weighted by Gasteiger charge is 2.24. The van der Waals surface area contributed by atoms with E-state index in [1.54, 1.807) is 6.08 Å². The Labute approximate surface area is 128 Å². The van der Waals surface area contributed by atoms with Gasteiger partial charge in [-0.3, -0.25) is 0 Å². The first kappa shape index (κ1) is 15.1. The summed E-state index contributed by atoms with van der Waals surface area (Å²) >= 11 is 3.51. The summed E-state index contributed by atoms with van der Waals surface area (Å²) in [5.74, 6) is -0.250. The molecule has 0 saturated carbocycles. The third-order valence-corrected chi connectivity index (χ3v) is 4.32. The average Bonchev–Trinajstić information content (AvgIpc) is 2.40. The molecular weight excluding hydrogens is 318 g/mol. The topological polar surface area (TPSA) is 40.5 Å². The van der Waals surface area contributed by atoms with Crippen LogP contribution >= 0.6 is 15.9 Å². The van der Waals surface area contributed by atoms with Crippen LogP contribution in [0.25, 0.3) is 6.08 Å². The maximum absolute atomic E-state index is 10.7. The van der Waals surface area contributed by atoms with Crippen LogP contribution in [0, 0.1) is 5.92 Å². The largest absolute Gasteiger partial charge is 0.478 e. The lowest BCUT2D eigenvalue weighted by Crippen LogP contribution is -2.41. The lowest BCUT2D eigenvalue weighted by molar-refractivity contribution is -0.131. The Bertz CT molecular complexity index is 527. The molecule has 1 heterocycles. The Kier molecular flexibility index (Phi) is 4.86. The summed E-state index contributed by atoms with van der Waals surface area (Å²) in [4.78, 5) is 13.1. The van der Waals surface area contributed by atoms with Crippen molar-refractivity contribution in [3.63, 3.8) is 0 Å². The first-order chi connectivity index (χ1) is 9.47. The predicted molar refractivity (Wildman–Crippen MR) is 86.0 cm³/mol. The molecule has 1 saturated heterocycles. The number of benzene rings is 1. The van der Waals surface area contributed by atoms with Crippen molar-refractivity contribution in [1.29, 1.82) is 0 Å². The smallest absolute Gasteiger partial charge is 0.328 e. The molecular formula is C16H20BrNO2. The summed E-state index contributed by atoms with van der Waals surface area (Å²) in [5, 5.41) is 8.81. The standard InChI is InChI=1S/C16H20BrNO2/c1-11-3-4-12(2)18(10-11)15-9-14(17)7-5-13(15)6-8-16(19)20/h5-9,11-12H,3-4,10H2,1-2H3,(H,19,20). The summed E-state index contributed by atoms with van der Waals surface area (Å²) in [6.45, 7) is 5.52. The van der Waals surface area contributed by atoms with E-state index in [1.165, 1.54) is 18.9 Å². The van der Waals surface area contributed by atoms with Gasteiger partial charge in [0, 0.05) is 28.8 Å². The van der Waals surface area contributed by atoms with Crippen LogP contribution < -0.4 is 4.90 Å². The predicted octanol–water partition coefficient (Wildman–Crippen LogP) is 4.17. The molecule has 0 radical (unpaired) electrons. The number of nitrogens with zero attached hydrogens (tertiary/aromatic N) is 1. The monoisotopic (exact) mass is 337 g/mol. The SMILES string of the molecule is CC1CCC(C)N(c2cc(Br)ccc2C=CC(=O)O)C1. The Balaban J connectivity index is 2.37. The highest BCUT2D eigenvalue weighted by atomic mass is 79.9. The molecule has 3 nitrogen and oxygen atoms in total. The highest BCUT2D eigenvalue weighted by Crippen LogP contribution is 2.32. The Hall–Kier alpha value is -1.29. The van der Waals surface area contributed by atoms with Gasteiger partial charge >= 0.3 is 5.97 Å². The Morgan fingerprint density at radius 2 is 2.15 bits per heavy atom. The number of anilines is 1. The fraction of sp³-hybridized carbons (Fsp3) is 0.438. The Morgan fingerprint density at radius 3 is 2.85 bits per heavy atom. The van der Waals surface area contributed by atoms with E-state index in [0.29, 0.717) is 12.0 Å². The zero-order valence-corrected chi connectivity index (χ0v) is 13.4. The van der Waals surface area contributed by atoms with Crippen LogP contribution in [-0.2, 0) is 4.79 Å². The molecule has 2 rings (SSSR count). The van der Waals surface area contributed by atoms with Gasteiger partial charge in [-0.1, -0.05) is 28.9 Å². The number of piperidine rings is 1. The molecule has 1 fully saturated rings. The van der Waals surface area contributed by atoms with Crippen LogP contribution in [0.1, 0.15) is 32.3 Å². The number of rotatable bonds is 3. The van der Waals surface area contributed by atoms with Gasteiger partial charge in [-0.2, -0.15) is 0 Å². The average molecular weight is 338 g/mol. The zero-order valence-electron chi connectivity index (χ0n) is 11.8. The van der Waals surface area contributed by atoms with E-state index < -0.39 is 5.97 Å². The van der Waals surface area contributed by atoms with Crippen molar-refractivity contribution in [3.8, 4) is 0 Å². The molecule has 1 aromatic rings. The summed E-state index contributed by atoms with van der Waals surface area (Å²) in [5.41, 5.74) is 2.06. The van der Waals surface area contributed by atoms with Gasteiger partial charge in [-0.05, 0) is 49.5 Å². The minimum absolute atomic E-state index is 0.484. The lowest BCUT2D eigenvalue weighted by Gasteiger charge is -2.39. The van der Waals surface area contributed by atoms with Gasteiger partial charge < -0.3 is 10.0 Å². The summed E-state index contributed by atoms with van der Waals surface area (Å²) < 4.78 is 1.02. The van der Waals surface area contributed by atoms with Crippen molar-refractivity contribution in [3.05, 3.63) is 34.3 Å². The molecule has 20 heavy (non-hydrogen) atoms. The van der Waals surface area contributed by atoms with E-state index in [9.17, 15) is 4.79 Å². The number of carboxylic acids is 1. The third kappa shape index (κ3) is 3.63. The number of aliphatic carboxylic acids is 1. The minimum Gasteiger partial charge on any atom is -0.478 e. The van der Waals surface area contributed by atoms with Crippen molar-refractivity contribution in [1.82, 2.24) is 0 Å². The fourth-order valence-corrected chi connectivity index (χ4v) is 3.04. The van der Waals surface area contributed by atoms with Crippen LogP contribution in [-0.4, -0.2) is 23.7 Å². The zero-order chi connectivity index (χ0) is 14.7. The normalized spacial score (nSPS) is 23.2. The summed E-state index contributed by atoms with van der Waals surface area (Å²) in [6.07, 6.45) is 5.31. The van der Waals surface area contributed by atoms with Gasteiger partial charge in [0.25, 0.3) is 0 Å². The molecule has 1 aliphatic heterocycles. The number of hydrogen-bond acceptors (Lipinski definition) is 2. The number of halogens is 1. The van der Waals surface area contributed by atoms with E-state index in [0.717, 1.165) is 22.3 Å². The van der Waals surface area contributed by atoms with Crippen molar-refractivity contribution in [2.75, 3.05) is 11.4 Å². The molecule has 2 atom stereocenters. The second-order valence-electron chi connectivity index (χ2n) is 5.56. The third-order valence-electron chi connectivity index (χ3n) is 3.83. The first-order valence-corrected chi connectivity index (χ1v) is 7.74. The van der Waals surface area contributed by atoms with E-state index in [2.05, 4.69) is 40.7 Å². The highest BCUT2D eigenvalue weighted by molar-refractivity contribution is 9.10. The lowest BCUT2D eigenvalue weighted by atomic mass is 9.93. The molecule has 108 valence electrons. The molecule has 4 heteroatoms. The second-order valence-corrected chi connectivity index (χ2v) is 6.47. The van der Waals surface area contributed by atoms with Crippen molar-refractivity contribution < 1.29 is 9.90 Å². The molecule has 0 aromatic heterocycles. The van der Waals surface area contributed by atoms with Crippen LogP contribution in [0.4, 0.5) is 5.69 Å². The summed E-state index contributed by atoms with van der Waals surface area (Å²) in [7, 11) is 0. The van der Waals surface area contributed by atoms with Crippen molar-refractivity contribution >= 4 is 33.7 Å². The Morgan fingerprint density at radius 1 is 1.40 bits per heavy atom. The molecule has 1 aliphatic rings. The van der Waals surface area contributed by atoms with Crippen LogP contribution in [0.5, 0.6) is 0 Å². The second kappa shape index (κ2) is 6.44. The molecule has 2 unspecified atom stereocenters. The maximum Gasteiger partial charge on any atom is 0.328 e. The van der Waals surface area contributed by atoms with Gasteiger partial charge in [0.2, 0.25) is 0 Å². The van der Waals surface area contributed by atoms with Crippen LogP contribution in [0.3, 0.4) is 0 Å². The van der Waals surface area contributed by atoms with Crippen LogP contribution in [0.2, 0.25) is 0 Å². The van der Waals surface area contributed by atoms with Crippen molar-refractivity contribution in [2.24, 2.45) is 5.92 Å². The van der Waals surface area contributed by atoms with E-state index in [4.69, 9.17) is 5.11 Å². The number of carbonyl (C=O) groups is 1. The maximum atomic E-state index is 10.7. The number of hydrogen-bond donors (Lipinski definition) is 1. The quantitative estimate of drug-likeness (QED) is 0.841. The van der Waals surface area contributed by atoms with E-state index in [1.807, 2.05) is 12.1 Å². The van der Waals surface area contributed by atoms with Gasteiger partial charge in [0.15, 0.2) is 0 Å². The molecule has 0 spiro atoms. The van der Waals surface area contributed by atoms with Gasteiger partial charge in [-0.25, -0.2) is 4.79 Å². The molecule has 0 bridgehead atoms. The van der Waals surface area contributed by atoms with Gasteiger partial charge in [0.05, 0.1) is 0 Å². The van der Waals surface area contributed by atoms with E-state index >= 15 is 0 Å². The van der Waals surface area contributed by atoms with E-state index in [-0.39, 0.29) is 0 Å². The summed E-state index contributed by atoms with van der Waals surface area (Å²) in [6, 6.07) is 6.47. The molecule has 1 N–H and O–H groups in total. The van der Waals surface area contributed by atoms with Crippen molar-refractivity contribution in [2.45, 2.75) is 32.7 Å². The minimum atomic E-state index is -0.918. The molecule has 1 aromatic carbocycles. The molecule has 0 amide bonds. The first-order valence-electron chi connectivity index (χ1n) is 6.94. The van der Waals surface area contributed by atoms with Crippen LogP contribution in [0.15, 0.2) is 28.7 Å². The molecule has 0 aliphatic carbocycles. The number of carboxylic acid groups (broad SMARTS) is 1. The van der Waals surface area contributed by atoms with Gasteiger partial charge in [0.1, 0.15) is 0 Å². The fourth-order valence-electron chi connectivity index (χ4n) is 2.69.